The third-order valence-electron chi connectivity index (χ3n) is 2.98. The molecule has 1 amide bonds. The van der Waals surface area contributed by atoms with Crippen LogP contribution in [0, 0.1) is 0 Å². The number of piperidine rings is 1. The van der Waals surface area contributed by atoms with Crippen LogP contribution < -0.4 is 0 Å². The molecule has 1 fully saturated rings. The van der Waals surface area contributed by atoms with E-state index in [9.17, 15) is 4.79 Å². The van der Waals surface area contributed by atoms with Gasteiger partial charge in [-0.05, 0) is 18.9 Å². The fourth-order valence-electron chi connectivity index (χ4n) is 1.94. The zero-order valence-corrected chi connectivity index (χ0v) is 11.0. The van der Waals surface area contributed by atoms with E-state index in [4.69, 9.17) is 4.74 Å². The van der Waals surface area contributed by atoms with E-state index in [0.29, 0.717) is 0 Å². The van der Waals surface area contributed by atoms with Crippen LogP contribution in [0.25, 0.3) is 0 Å². The minimum Gasteiger partial charge on any atom is -0.420 e. The van der Waals surface area contributed by atoms with Gasteiger partial charge in [0.25, 0.3) is 0 Å². The average molecular weight is 252 g/mol. The van der Waals surface area contributed by atoms with E-state index >= 15 is 0 Å². The number of hydrogen-bond acceptors (Lipinski definition) is 5. The van der Waals surface area contributed by atoms with Crippen LogP contribution in [-0.4, -0.2) is 60.8 Å². The van der Waals surface area contributed by atoms with Crippen molar-refractivity contribution in [3.05, 3.63) is 12.3 Å². The summed E-state index contributed by atoms with van der Waals surface area (Å²) >= 11 is 0. The van der Waals surface area contributed by atoms with Crippen LogP contribution in [0.2, 0.25) is 0 Å². The van der Waals surface area contributed by atoms with Crippen molar-refractivity contribution in [2.45, 2.75) is 25.5 Å². The lowest BCUT2D eigenvalue weighted by Crippen LogP contribution is -2.43. The summed E-state index contributed by atoms with van der Waals surface area (Å²) in [5.74, 6) is 0. The standard InChI is InChI=1S/C12H20N4O2/c1-14(2)12(17)18-11-6-9-16(10-13-11)15-7-4-3-5-8-15/h6,9-11H,3-5,7-8H2,1-2H3. The van der Waals surface area contributed by atoms with E-state index in [1.807, 2.05) is 11.2 Å². The highest BCUT2D eigenvalue weighted by molar-refractivity contribution is 5.67. The van der Waals surface area contributed by atoms with Crippen molar-refractivity contribution >= 4 is 12.4 Å². The van der Waals surface area contributed by atoms with Crippen LogP contribution in [0.5, 0.6) is 0 Å². The van der Waals surface area contributed by atoms with Gasteiger partial charge in [0.15, 0.2) is 0 Å². The first-order valence-corrected chi connectivity index (χ1v) is 6.29. The predicted octanol–water partition coefficient (Wildman–Crippen LogP) is 1.27. The predicted molar refractivity (Wildman–Crippen MR) is 68.9 cm³/mol. The smallest absolute Gasteiger partial charge is 0.411 e. The topological polar surface area (TPSA) is 48.4 Å². The van der Waals surface area contributed by atoms with Crippen LogP contribution in [-0.2, 0) is 4.74 Å². The van der Waals surface area contributed by atoms with Gasteiger partial charge in [-0.2, -0.15) is 0 Å². The fourth-order valence-corrected chi connectivity index (χ4v) is 1.94. The van der Waals surface area contributed by atoms with Gasteiger partial charge in [0.05, 0.1) is 0 Å². The van der Waals surface area contributed by atoms with E-state index in [-0.39, 0.29) is 6.09 Å². The van der Waals surface area contributed by atoms with E-state index in [0.717, 1.165) is 13.1 Å². The number of amides is 1. The molecule has 0 N–H and O–H groups in total. The summed E-state index contributed by atoms with van der Waals surface area (Å²) in [7, 11) is 3.30. The monoisotopic (exact) mass is 252 g/mol. The maximum absolute atomic E-state index is 11.4. The van der Waals surface area contributed by atoms with Gasteiger partial charge in [-0.25, -0.2) is 14.8 Å². The van der Waals surface area contributed by atoms with Gasteiger partial charge in [-0.15, -0.1) is 0 Å². The first-order valence-electron chi connectivity index (χ1n) is 6.29. The number of rotatable bonds is 2. The summed E-state index contributed by atoms with van der Waals surface area (Å²) in [5.41, 5.74) is 0. The van der Waals surface area contributed by atoms with Crippen molar-refractivity contribution in [2.75, 3.05) is 27.2 Å². The Labute approximate surface area is 107 Å². The van der Waals surface area contributed by atoms with E-state index in [1.165, 1.54) is 24.2 Å². The van der Waals surface area contributed by atoms with Crippen LogP contribution in [0.1, 0.15) is 19.3 Å². The normalized spacial score (nSPS) is 24.1. The number of hydrogen-bond donors (Lipinski definition) is 0. The largest absolute Gasteiger partial charge is 0.420 e. The van der Waals surface area contributed by atoms with Crippen molar-refractivity contribution < 1.29 is 9.53 Å². The molecule has 2 aliphatic rings. The first kappa shape index (κ1) is 12.9. The number of nitrogens with zero attached hydrogens (tertiary/aromatic N) is 4. The summed E-state index contributed by atoms with van der Waals surface area (Å²) in [6.45, 7) is 2.11. The molecule has 1 atom stereocenters. The molecule has 0 bridgehead atoms. The summed E-state index contributed by atoms with van der Waals surface area (Å²) in [4.78, 5) is 17.0. The quantitative estimate of drug-likeness (QED) is 0.742. The Morgan fingerprint density at radius 2 is 2.06 bits per heavy atom. The first-order chi connectivity index (χ1) is 8.66. The molecule has 2 heterocycles. The van der Waals surface area contributed by atoms with Gasteiger partial charge in [-0.1, -0.05) is 6.42 Å². The molecule has 2 rings (SSSR count). The SMILES string of the molecule is CN(C)C(=O)OC1C=CN(N2CCCCC2)C=N1. The third-order valence-corrected chi connectivity index (χ3v) is 2.98. The number of ether oxygens (including phenoxy) is 1. The lowest BCUT2D eigenvalue weighted by Gasteiger charge is -2.35. The van der Waals surface area contributed by atoms with Crippen LogP contribution in [0.15, 0.2) is 17.3 Å². The van der Waals surface area contributed by atoms with Crippen molar-refractivity contribution in [3.8, 4) is 0 Å². The molecule has 18 heavy (non-hydrogen) atoms. The summed E-state index contributed by atoms with van der Waals surface area (Å²) in [5, 5.41) is 4.21. The van der Waals surface area contributed by atoms with Gasteiger partial charge in [-0.3, -0.25) is 5.01 Å². The molecule has 0 aromatic rings. The molecule has 100 valence electrons. The minimum atomic E-state index is -0.513. The maximum Gasteiger partial charge on any atom is 0.411 e. The fraction of sp³-hybridized carbons (Fsp3) is 0.667. The number of carbonyl (C=O) groups excluding carboxylic acids is 1. The minimum absolute atomic E-state index is 0.381. The molecule has 0 saturated carbocycles. The molecular formula is C12H20N4O2. The molecule has 0 spiro atoms. The lowest BCUT2D eigenvalue weighted by molar-refractivity contribution is 0.0592. The molecule has 1 saturated heterocycles. The Morgan fingerprint density at radius 3 is 2.61 bits per heavy atom. The van der Waals surface area contributed by atoms with Gasteiger partial charge < -0.3 is 9.64 Å². The van der Waals surface area contributed by atoms with Gasteiger partial charge in [0.1, 0.15) is 6.34 Å². The van der Waals surface area contributed by atoms with E-state index < -0.39 is 6.23 Å². The number of aliphatic imine (C=N–C) groups is 1. The average Bonchev–Trinajstić information content (AvgIpc) is 2.40. The molecule has 0 radical (unpaired) electrons. The van der Waals surface area contributed by atoms with Crippen molar-refractivity contribution in [1.82, 2.24) is 14.9 Å². The molecule has 0 aromatic carbocycles. The molecule has 0 aliphatic carbocycles. The van der Waals surface area contributed by atoms with E-state index in [1.54, 1.807) is 26.5 Å². The Kier molecular flexibility index (Phi) is 4.19. The Hall–Kier alpha value is -1.56. The molecule has 6 nitrogen and oxygen atoms in total. The second kappa shape index (κ2) is 5.86. The molecule has 6 heteroatoms. The van der Waals surface area contributed by atoms with E-state index in [2.05, 4.69) is 10.0 Å². The summed E-state index contributed by atoms with van der Waals surface area (Å²) in [6, 6.07) is 0. The Bertz CT molecular complexity index is 334. The third kappa shape index (κ3) is 3.22. The maximum atomic E-state index is 11.4. The van der Waals surface area contributed by atoms with Crippen molar-refractivity contribution in [1.29, 1.82) is 0 Å². The molecule has 1 unspecified atom stereocenters. The Balaban J connectivity index is 1.84. The zero-order chi connectivity index (χ0) is 13.0. The van der Waals surface area contributed by atoms with Gasteiger partial charge >= 0.3 is 6.09 Å². The Morgan fingerprint density at radius 1 is 1.33 bits per heavy atom. The zero-order valence-electron chi connectivity index (χ0n) is 11.0. The molecule has 2 aliphatic heterocycles. The van der Waals surface area contributed by atoms with Crippen LogP contribution in [0.3, 0.4) is 0 Å². The number of carbonyl (C=O) groups is 1. The van der Waals surface area contributed by atoms with Gasteiger partial charge in [0, 0.05) is 33.4 Å². The molecule has 0 aromatic heterocycles. The highest BCUT2D eigenvalue weighted by atomic mass is 16.6. The second-order valence-corrected chi connectivity index (χ2v) is 4.67. The van der Waals surface area contributed by atoms with Crippen LogP contribution in [0.4, 0.5) is 4.79 Å². The van der Waals surface area contributed by atoms with Gasteiger partial charge in [0.2, 0.25) is 6.23 Å². The highest BCUT2D eigenvalue weighted by Gasteiger charge is 2.19. The second-order valence-electron chi connectivity index (χ2n) is 4.67. The number of hydrazine groups is 1. The lowest BCUT2D eigenvalue weighted by atomic mass is 10.2. The van der Waals surface area contributed by atoms with Crippen LogP contribution >= 0.6 is 0 Å². The van der Waals surface area contributed by atoms with Crippen molar-refractivity contribution in [2.24, 2.45) is 4.99 Å². The van der Waals surface area contributed by atoms with Crippen molar-refractivity contribution in [3.63, 3.8) is 0 Å². The molecular weight excluding hydrogens is 232 g/mol. The summed E-state index contributed by atoms with van der Waals surface area (Å²) in [6.07, 6.45) is 8.26. The summed E-state index contributed by atoms with van der Waals surface area (Å²) < 4.78 is 5.15. The highest BCUT2D eigenvalue weighted by Crippen LogP contribution is 2.14.